The normalized spacial score (nSPS) is 9.89. The Labute approximate surface area is 162 Å². The highest BCUT2D eigenvalue weighted by Crippen LogP contribution is 2.23. The molecule has 2 aromatic rings. The summed E-state index contributed by atoms with van der Waals surface area (Å²) in [5.41, 5.74) is 1.97. The summed E-state index contributed by atoms with van der Waals surface area (Å²) in [7, 11) is 1.47. The molecule has 0 saturated carbocycles. The zero-order chi connectivity index (χ0) is 20.5. The van der Waals surface area contributed by atoms with Crippen molar-refractivity contribution in [2.45, 2.75) is 6.54 Å². The van der Waals surface area contributed by atoms with Crippen molar-refractivity contribution in [3.8, 4) is 17.9 Å². The van der Waals surface area contributed by atoms with E-state index in [1.807, 2.05) is 12.1 Å². The number of aliphatic hydroxyl groups is 2. The van der Waals surface area contributed by atoms with E-state index in [1.165, 1.54) is 24.1 Å². The number of amides is 1. The predicted molar refractivity (Wildman–Crippen MR) is 102 cm³/mol. The number of anilines is 1. The van der Waals surface area contributed by atoms with Gasteiger partial charge in [0.15, 0.2) is 0 Å². The topological polar surface area (TPSA) is 130 Å². The van der Waals surface area contributed by atoms with Gasteiger partial charge in [0.2, 0.25) is 0 Å². The smallest absolute Gasteiger partial charge is 0.253 e. The summed E-state index contributed by atoms with van der Waals surface area (Å²) in [6, 6.07) is 13.5. The highest BCUT2D eigenvalue weighted by Gasteiger charge is 2.17. The lowest BCUT2D eigenvalue weighted by Crippen LogP contribution is -2.31. The first-order chi connectivity index (χ1) is 13.6. The Morgan fingerprint density at radius 2 is 1.96 bits per heavy atom. The fraction of sp³-hybridized carbons (Fsp3) is 0.250. The third-order valence-electron chi connectivity index (χ3n) is 4.09. The van der Waals surface area contributed by atoms with Crippen LogP contribution in [0.1, 0.15) is 27.0 Å². The highest BCUT2D eigenvalue weighted by molar-refractivity contribution is 6.00. The van der Waals surface area contributed by atoms with E-state index in [0.717, 1.165) is 0 Å². The zero-order valence-corrected chi connectivity index (χ0v) is 15.3. The van der Waals surface area contributed by atoms with E-state index in [0.29, 0.717) is 28.1 Å². The van der Waals surface area contributed by atoms with Crippen molar-refractivity contribution in [2.24, 2.45) is 0 Å². The minimum atomic E-state index is -0.446. The molecule has 0 heterocycles. The molecule has 144 valence electrons. The van der Waals surface area contributed by atoms with Crippen LogP contribution in [0.3, 0.4) is 0 Å². The van der Waals surface area contributed by atoms with Gasteiger partial charge in [-0.05, 0) is 35.9 Å². The quantitative estimate of drug-likeness (QED) is 0.585. The van der Waals surface area contributed by atoms with Gasteiger partial charge in [0.25, 0.3) is 5.91 Å². The second-order valence-electron chi connectivity index (χ2n) is 5.80. The van der Waals surface area contributed by atoms with Gasteiger partial charge in [0.05, 0.1) is 42.2 Å². The van der Waals surface area contributed by atoms with Crippen LogP contribution in [-0.2, 0) is 6.54 Å². The van der Waals surface area contributed by atoms with E-state index in [-0.39, 0.29) is 25.3 Å². The molecule has 0 fully saturated rings. The summed E-state index contributed by atoms with van der Waals surface area (Å²) in [5.74, 6) is 0.00184. The molecule has 1 amide bonds. The molecule has 0 aromatic heterocycles. The molecule has 2 rings (SSSR count). The molecular weight excluding hydrogens is 360 g/mol. The summed E-state index contributed by atoms with van der Waals surface area (Å²) in [5, 5.41) is 39.7. The van der Waals surface area contributed by atoms with Crippen molar-refractivity contribution < 1.29 is 19.7 Å². The first-order valence-electron chi connectivity index (χ1n) is 8.44. The standard InChI is InChI=1S/C20H20N4O4/c1-28-19-5-3-15(8-16(19)11-22)12-23-20(27)17-9-14(10-21)2-4-18(17)24(13-26)6-7-25/h2-5,8-9,25-26H,6-7,12-13H2,1H3,(H,23,27). The molecule has 3 N–H and O–H groups in total. The fourth-order valence-corrected chi connectivity index (χ4v) is 2.68. The summed E-state index contributed by atoms with van der Waals surface area (Å²) in [6.45, 7) is -0.305. The molecule has 0 unspecified atom stereocenters. The summed E-state index contributed by atoms with van der Waals surface area (Å²) in [4.78, 5) is 14.2. The van der Waals surface area contributed by atoms with Gasteiger partial charge in [-0.3, -0.25) is 4.79 Å². The van der Waals surface area contributed by atoms with Gasteiger partial charge in [-0.1, -0.05) is 6.07 Å². The van der Waals surface area contributed by atoms with Crippen molar-refractivity contribution in [3.63, 3.8) is 0 Å². The Morgan fingerprint density at radius 3 is 2.57 bits per heavy atom. The number of carbonyl (C=O) groups excluding carboxylic acids is 1. The highest BCUT2D eigenvalue weighted by atomic mass is 16.5. The molecule has 0 saturated heterocycles. The van der Waals surface area contributed by atoms with E-state index >= 15 is 0 Å². The number of nitriles is 2. The molecule has 28 heavy (non-hydrogen) atoms. The number of methoxy groups -OCH3 is 1. The Balaban J connectivity index is 2.26. The zero-order valence-electron chi connectivity index (χ0n) is 15.3. The van der Waals surface area contributed by atoms with Crippen LogP contribution in [0.4, 0.5) is 5.69 Å². The minimum Gasteiger partial charge on any atom is -0.495 e. The molecule has 0 spiro atoms. The van der Waals surface area contributed by atoms with Crippen LogP contribution in [0.2, 0.25) is 0 Å². The fourth-order valence-electron chi connectivity index (χ4n) is 2.68. The maximum absolute atomic E-state index is 12.7. The molecule has 0 atom stereocenters. The van der Waals surface area contributed by atoms with E-state index in [9.17, 15) is 9.90 Å². The summed E-state index contributed by atoms with van der Waals surface area (Å²) in [6.07, 6.45) is 0. The van der Waals surface area contributed by atoms with Gasteiger partial charge in [-0.2, -0.15) is 10.5 Å². The predicted octanol–water partition coefficient (Wildman–Crippen LogP) is 1.12. The van der Waals surface area contributed by atoms with Crippen LogP contribution in [0.15, 0.2) is 36.4 Å². The van der Waals surface area contributed by atoms with Crippen LogP contribution in [0.5, 0.6) is 5.75 Å². The molecule has 0 aliphatic rings. The molecule has 2 aromatic carbocycles. The van der Waals surface area contributed by atoms with E-state index in [1.54, 1.807) is 24.3 Å². The Bertz CT molecular complexity index is 931. The number of hydrogen-bond donors (Lipinski definition) is 3. The van der Waals surface area contributed by atoms with Crippen molar-refractivity contribution in [3.05, 3.63) is 58.7 Å². The van der Waals surface area contributed by atoms with Crippen LogP contribution in [0.25, 0.3) is 0 Å². The third-order valence-corrected chi connectivity index (χ3v) is 4.09. The number of hydrogen-bond acceptors (Lipinski definition) is 7. The number of rotatable bonds is 8. The van der Waals surface area contributed by atoms with Gasteiger partial charge in [-0.15, -0.1) is 0 Å². The molecule has 8 nitrogen and oxygen atoms in total. The molecule has 0 radical (unpaired) electrons. The third kappa shape index (κ3) is 4.77. The maximum Gasteiger partial charge on any atom is 0.253 e. The first-order valence-corrected chi connectivity index (χ1v) is 8.44. The van der Waals surface area contributed by atoms with Crippen molar-refractivity contribution in [1.29, 1.82) is 10.5 Å². The van der Waals surface area contributed by atoms with Gasteiger partial charge < -0.3 is 25.2 Å². The van der Waals surface area contributed by atoms with Gasteiger partial charge >= 0.3 is 0 Å². The second-order valence-corrected chi connectivity index (χ2v) is 5.80. The Morgan fingerprint density at radius 1 is 1.18 bits per heavy atom. The monoisotopic (exact) mass is 380 g/mol. The van der Waals surface area contributed by atoms with Crippen LogP contribution >= 0.6 is 0 Å². The second kappa shape index (κ2) is 9.93. The number of nitrogens with zero attached hydrogens (tertiary/aromatic N) is 3. The minimum absolute atomic E-state index is 0.132. The summed E-state index contributed by atoms with van der Waals surface area (Å²) < 4.78 is 5.10. The van der Waals surface area contributed by atoms with Crippen molar-refractivity contribution in [1.82, 2.24) is 5.32 Å². The van der Waals surface area contributed by atoms with Crippen LogP contribution in [-0.4, -0.2) is 43.1 Å². The maximum atomic E-state index is 12.7. The summed E-state index contributed by atoms with van der Waals surface area (Å²) >= 11 is 0. The average Bonchev–Trinajstić information content (AvgIpc) is 2.75. The number of aliphatic hydroxyl groups excluding tert-OH is 2. The van der Waals surface area contributed by atoms with Crippen LogP contribution in [0, 0.1) is 22.7 Å². The van der Waals surface area contributed by atoms with Gasteiger partial charge in [-0.25, -0.2) is 0 Å². The lowest BCUT2D eigenvalue weighted by atomic mass is 10.1. The number of carbonyl (C=O) groups is 1. The van der Waals surface area contributed by atoms with E-state index in [2.05, 4.69) is 5.32 Å². The SMILES string of the molecule is COc1ccc(CNC(=O)c2cc(C#N)ccc2N(CO)CCO)cc1C#N. The van der Waals surface area contributed by atoms with Gasteiger partial charge in [0.1, 0.15) is 18.5 Å². The Hall–Kier alpha value is -3.59. The Kier molecular flexibility index (Phi) is 7.35. The number of benzene rings is 2. The van der Waals surface area contributed by atoms with Crippen molar-refractivity contribution >= 4 is 11.6 Å². The molecule has 0 bridgehead atoms. The van der Waals surface area contributed by atoms with Gasteiger partial charge in [0, 0.05) is 13.1 Å². The van der Waals surface area contributed by atoms with E-state index in [4.69, 9.17) is 20.4 Å². The molecule has 8 heteroatoms. The largest absolute Gasteiger partial charge is 0.495 e. The van der Waals surface area contributed by atoms with Crippen LogP contribution < -0.4 is 15.0 Å². The number of nitrogens with one attached hydrogen (secondary N) is 1. The number of ether oxygens (including phenoxy) is 1. The lowest BCUT2D eigenvalue weighted by molar-refractivity contribution is 0.0951. The molecular formula is C20H20N4O4. The van der Waals surface area contributed by atoms with Crippen molar-refractivity contribution in [2.75, 3.05) is 31.9 Å². The molecule has 0 aliphatic heterocycles. The average molecular weight is 380 g/mol. The first kappa shape index (κ1) is 20.7. The molecule has 0 aliphatic carbocycles. The van der Waals surface area contributed by atoms with E-state index < -0.39 is 12.6 Å². The lowest BCUT2D eigenvalue weighted by Gasteiger charge is -2.23.